The second kappa shape index (κ2) is 7.83. The maximum Gasteiger partial charge on any atom is 0.405 e. The lowest BCUT2D eigenvalue weighted by Gasteiger charge is -2.36. The molecular formula is C15H19F3N2O5. The summed E-state index contributed by atoms with van der Waals surface area (Å²) in [5.41, 5.74) is 0. The Kier molecular flexibility index (Phi) is 6.02. The fourth-order valence-corrected chi connectivity index (χ4v) is 3.31. The van der Waals surface area contributed by atoms with Gasteiger partial charge in [0, 0.05) is 11.8 Å². The van der Waals surface area contributed by atoms with Crippen LogP contribution in [0.5, 0.6) is 0 Å². The molecule has 0 spiro atoms. The van der Waals surface area contributed by atoms with Crippen LogP contribution in [0.1, 0.15) is 32.1 Å². The quantitative estimate of drug-likeness (QED) is 0.733. The Morgan fingerprint density at radius 3 is 2.28 bits per heavy atom. The third-order valence-electron chi connectivity index (χ3n) is 4.43. The van der Waals surface area contributed by atoms with Gasteiger partial charge in [-0.3, -0.25) is 19.7 Å². The molecule has 7 nitrogen and oxygen atoms in total. The minimum atomic E-state index is -4.59. The van der Waals surface area contributed by atoms with Gasteiger partial charge in [0.2, 0.25) is 0 Å². The Balaban J connectivity index is 1.72. The Morgan fingerprint density at radius 1 is 1.12 bits per heavy atom. The molecule has 0 saturated heterocycles. The molecule has 0 aromatic heterocycles. The summed E-state index contributed by atoms with van der Waals surface area (Å²) < 4.78 is 40.6. The van der Waals surface area contributed by atoms with Crippen molar-refractivity contribution in [3.63, 3.8) is 0 Å². The fraction of sp³-hybridized carbons (Fsp3) is 0.733. The van der Waals surface area contributed by atoms with Gasteiger partial charge >= 0.3 is 18.2 Å². The molecule has 0 radical (unpaired) electrons. The van der Waals surface area contributed by atoms with Crippen molar-refractivity contribution in [3.8, 4) is 0 Å². The highest BCUT2D eigenvalue weighted by molar-refractivity contribution is 5.95. The zero-order valence-electron chi connectivity index (χ0n) is 13.4. The lowest BCUT2D eigenvalue weighted by atomic mass is 9.67. The molecule has 10 heteroatoms. The third-order valence-corrected chi connectivity index (χ3v) is 4.43. The number of hydrogen-bond donors (Lipinski definition) is 2. The van der Waals surface area contributed by atoms with Gasteiger partial charge in [-0.25, -0.2) is 4.79 Å². The van der Waals surface area contributed by atoms with Crippen LogP contribution < -0.4 is 10.6 Å². The van der Waals surface area contributed by atoms with Crippen molar-refractivity contribution in [3.05, 3.63) is 0 Å². The van der Waals surface area contributed by atoms with Crippen LogP contribution in [-0.4, -0.2) is 43.0 Å². The van der Waals surface area contributed by atoms with Crippen molar-refractivity contribution in [2.45, 2.75) is 38.3 Å². The van der Waals surface area contributed by atoms with Crippen molar-refractivity contribution < 1.29 is 37.1 Å². The SMILES string of the molecule is O=C(COC(=O)C1C[C@H]2CCC[C@@H](C1)C2=O)NC(=O)NCC(F)(F)F. The molecule has 3 atom stereocenters. The van der Waals surface area contributed by atoms with Gasteiger partial charge in [0.05, 0.1) is 5.92 Å². The van der Waals surface area contributed by atoms with Gasteiger partial charge < -0.3 is 10.1 Å². The number of carbonyl (C=O) groups is 4. The number of esters is 1. The number of halogens is 3. The molecule has 140 valence electrons. The van der Waals surface area contributed by atoms with E-state index in [1.165, 1.54) is 5.32 Å². The number of hydrogen-bond acceptors (Lipinski definition) is 5. The van der Waals surface area contributed by atoms with Gasteiger partial charge in [-0.15, -0.1) is 0 Å². The van der Waals surface area contributed by atoms with Crippen molar-refractivity contribution in [2.75, 3.05) is 13.2 Å². The largest absolute Gasteiger partial charge is 0.455 e. The number of Topliss-reactive ketones (excluding diaryl/α,β-unsaturated/α-hetero) is 1. The molecule has 0 aromatic carbocycles. The van der Waals surface area contributed by atoms with E-state index in [2.05, 4.69) is 0 Å². The Hall–Kier alpha value is -2.13. The zero-order valence-corrected chi connectivity index (χ0v) is 13.4. The highest BCUT2D eigenvalue weighted by Gasteiger charge is 2.41. The van der Waals surface area contributed by atoms with Gasteiger partial charge in [0.15, 0.2) is 6.61 Å². The van der Waals surface area contributed by atoms with Gasteiger partial charge in [0.25, 0.3) is 5.91 Å². The molecular weight excluding hydrogens is 345 g/mol. The topological polar surface area (TPSA) is 102 Å². The normalized spacial score (nSPS) is 25.9. The van der Waals surface area contributed by atoms with Crippen LogP contribution in [0.3, 0.4) is 0 Å². The number of carbonyl (C=O) groups excluding carboxylic acids is 4. The van der Waals surface area contributed by atoms with E-state index in [0.717, 1.165) is 19.3 Å². The lowest BCUT2D eigenvalue weighted by molar-refractivity contribution is -0.156. The highest BCUT2D eigenvalue weighted by atomic mass is 19.4. The Labute approximate surface area is 141 Å². The number of alkyl halides is 3. The summed E-state index contributed by atoms with van der Waals surface area (Å²) in [6.45, 7) is -2.34. The summed E-state index contributed by atoms with van der Waals surface area (Å²) in [5.74, 6) is -2.23. The van der Waals surface area contributed by atoms with E-state index in [1.807, 2.05) is 0 Å². The smallest absolute Gasteiger partial charge is 0.405 e. The van der Waals surface area contributed by atoms with Crippen LogP contribution >= 0.6 is 0 Å². The van der Waals surface area contributed by atoms with E-state index in [0.29, 0.717) is 12.8 Å². The number of amides is 3. The molecule has 2 fully saturated rings. The molecule has 1 unspecified atom stereocenters. The Morgan fingerprint density at radius 2 is 1.72 bits per heavy atom. The summed E-state index contributed by atoms with van der Waals surface area (Å²) in [6, 6.07) is -1.32. The van der Waals surface area contributed by atoms with Crippen LogP contribution in [-0.2, 0) is 19.1 Å². The van der Waals surface area contributed by atoms with Gasteiger partial charge in [0.1, 0.15) is 12.3 Å². The summed E-state index contributed by atoms with van der Waals surface area (Å²) in [4.78, 5) is 46.5. The second-order valence-corrected chi connectivity index (χ2v) is 6.35. The van der Waals surface area contributed by atoms with Crippen LogP contribution in [0.4, 0.5) is 18.0 Å². The average molecular weight is 364 g/mol. The summed E-state index contributed by atoms with van der Waals surface area (Å²) in [5, 5.41) is 3.10. The lowest BCUT2D eigenvalue weighted by Crippen LogP contribution is -2.45. The molecule has 0 aliphatic heterocycles. The van der Waals surface area contributed by atoms with Crippen molar-refractivity contribution >= 4 is 23.7 Å². The van der Waals surface area contributed by atoms with Crippen LogP contribution in [0.2, 0.25) is 0 Å². The van der Waals surface area contributed by atoms with E-state index >= 15 is 0 Å². The van der Waals surface area contributed by atoms with E-state index in [9.17, 15) is 32.3 Å². The molecule has 25 heavy (non-hydrogen) atoms. The first-order valence-electron chi connectivity index (χ1n) is 8.00. The van der Waals surface area contributed by atoms with Crippen LogP contribution in [0.15, 0.2) is 0 Å². The first-order chi connectivity index (χ1) is 11.7. The molecule has 0 heterocycles. The maximum absolute atomic E-state index is 12.0. The maximum atomic E-state index is 12.0. The third kappa shape index (κ3) is 5.71. The molecule has 3 amide bonds. The minimum Gasteiger partial charge on any atom is -0.455 e. The van der Waals surface area contributed by atoms with E-state index in [-0.39, 0.29) is 17.6 Å². The van der Waals surface area contributed by atoms with Crippen LogP contribution in [0.25, 0.3) is 0 Å². The molecule has 2 N–H and O–H groups in total. The standard InChI is InChI=1S/C15H19F3N2O5/c16-15(17,18)7-19-14(24)20-11(21)6-25-13(23)10-4-8-2-1-3-9(5-10)12(8)22/h8-10H,1-7H2,(H2,19,20,21,24)/t8-,9+,10?. The van der Waals surface area contributed by atoms with Crippen molar-refractivity contribution in [1.82, 2.24) is 10.6 Å². The molecule has 2 bridgehead atoms. The number of urea groups is 1. The summed E-state index contributed by atoms with van der Waals surface area (Å²) in [6.07, 6.45) is -1.36. The molecule has 2 rings (SSSR count). The molecule has 2 aliphatic carbocycles. The predicted molar refractivity (Wildman–Crippen MR) is 77.1 cm³/mol. The zero-order chi connectivity index (χ0) is 18.6. The van der Waals surface area contributed by atoms with E-state index in [1.54, 1.807) is 5.32 Å². The number of fused-ring (bicyclic) bond motifs is 2. The molecule has 2 saturated carbocycles. The van der Waals surface area contributed by atoms with Crippen LogP contribution in [0, 0.1) is 17.8 Å². The second-order valence-electron chi connectivity index (χ2n) is 6.35. The van der Waals surface area contributed by atoms with E-state index in [4.69, 9.17) is 4.74 Å². The van der Waals surface area contributed by atoms with Gasteiger partial charge in [-0.1, -0.05) is 6.42 Å². The van der Waals surface area contributed by atoms with Crippen molar-refractivity contribution in [2.24, 2.45) is 17.8 Å². The number of ether oxygens (including phenoxy) is 1. The number of nitrogens with one attached hydrogen (secondary N) is 2. The summed E-state index contributed by atoms with van der Waals surface area (Å²) >= 11 is 0. The summed E-state index contributed by atoms with van der Waals surface area (Å²) in [7, 11) is 0. The first kappa shape index (κ1) is 19.2. The number of imide groups is 1. The predicted octanol–water partition coefficient (Wildman–Crippen LogP) is 1.31. The average Bonchev–Trinajstić information content (AvgIpc) is 2.49. The minimum absolute atomic E-state index is 0.146. The monoisotopic (exact) mass is 364 g/mol. The molecule has 0 aromatic rings. The number of rotatable bonds is 4. The highest BCUT2D eigenvalue weighted by Crippen LogP contribution is 2.40. The molecule has 2 aliphatic rings. The van der Waals surface area contributed by atoms with E-state index < -0.39 is 43.2 Å². The van der Waals surface area contributed by atoms with Gasteiger partial charge in [-0.05, 0) is 25.7 Å². The van der Waals surface area contributed by atoms with Gasteiger partial charge in [-0.2, -0.15) is 13.2 Å². The van der Waals surface area contributed by atoms with Crippen molar-refractivity contribution in [1.29, 1.82) is 0 Å². The fourth-order valence-electron chi connectivity index (χ4n) is 3.31. The Bertz CT molecular complexity index is 548. The first-order valence-corrected chi connectivity index (χ1v) is 8.00. The number of ketones is 1.